The molecule has 0 radical (unpaired) electrons. The third-order valence-electron chi connectivity index (χ3n) is 5.47. The number of ether oxygens (including phenoxy) is 2. The minimum Gasteiger partial charge on any atom is -0.481 e. The Kier molecular flexibility index (Phi) is 8.70. The summed E-state index contributed by atoms with van der Waals surface area (Å²) in [7, 11) is 0. The predicted octanol–water partition coefficient (Wildman–Crippen LogP) is 6.33. The fourth-order valence-corrected chi connectivity index (χ4v) is 3.88. The van der Waals surface area contributed by atoms with Crippen LogP contribution in [-0.2, 0) is 11.2 Å². The number of halogens is 2. The van der Waals surface area contributed by atoms with Gasteiger partial charge in [0.05, 0.1) is 0 Å². The van der Waals surface area contributed by atoms with E-state index in [1.165, 1.54) is 6.92 Å². The van der Waals surface area contributed by atoms with E-state index in [2.05, 4.69) is 10.3 Å². The molecule has 2 N–H and O–H groups in total. The molecule has 188 valence electrons. The quantitative estimate of drug-likeness (QED) is 0.207. The highest BCUT2D eigenvalue weighted by Gasteiger charge is 2.20. The van der Waals surface area contributed by atoms with Crippen LogP contribution in [0, 0.1) is 0 Å². The summed E-state index contributed by atoms with van der Waals surface area (Å²) in [6.07, 6.45) is 0.0449. The number of fused-ring (bicyclic) bond motifs is 1. The molecule has 0 bridgehead atoms. The Morgan fingerprint density at radius 2 is 1.78 bits per heavy atom. The molecular weight excluding hydrogens is 503 g/mol. The molecule has 0 aliphatic rings. The van der Waals surface area contributed by atoms with Gasteiger partial charge < -0.3 is 24.3 Å². The highest BCUT2D eigenvalue weighted by molar-refractivity contribution is 6.31. The second-order valence-corrected chi connectivity index (χ2v) is 9.13. The topological polar surface area (TPSA) is 93.8 Å². The van der Waals surface area contributed by atoms with E-state index < -0.39 is 18.2 Å². The first-order valence-corrected chi connectivity index (χ1v) is 12.3. The third-order valence-corrected chi connectivity index (χ3v) is 5.95. The maximum atomic E-state index is 11.0. The molecule has 0 fully saturated rings. The van der Waals surface area contributed by atoms with E-state index in [1.807, 2.05) is 30.3 Å². The molecule has 36 heavy (non-hydrogen) atoms. The summed E-state index contributed by atoms with van der Waals surface area (Å²) < 4.78 is 17.6. The molecule has 9 heteroatoms. The van der Waals surface area contributed by atoms with Crippen LogP contribution < -0.4 is 14.8 Å². The molecule has 4 aromatic rings. The lowest BCUT2D eigenvalue weighted by molar-refractivity contribution is -0.144. The zero-order valence-electron chi connectivity index (χ0n) is 19.6. The number of hydrogen-bond acceptors (Lipinski definition) is 6. The zero-order chi connectivity index (χ0) is 25.5. The first-order chi connectivity index (χ1) is 17.4. The van der Waals surface area contributed by atoms with Gasteiger partial charge in [-0.1, -0.05) is 35.3 Å². The molecule has 0 amide bonds. The second kappa shape index (κ2) is 12.1. The number of benzene rings is 3. The van der Waals surface area contributed by atoms with Crippen molar-refractivity contribution in [3.63, 3.8) is 0 Å². The summed E-state index contributed by atoms with van der Waals surface area (Å²) in [6.45, 7) is 2.88. The molecular formula is C27H26Cl2N2O5. The van der Waals surface area contributed by atoms with Gasteiger partial charge in [0.15, 0.2) is 17.8 Å². The zero-order valence-corrected chi connectivity index (χ0v) is 21.1. The summed E-state index contributed by atoms with van der Waals surface area (Å²) >= 11 is 12.1. The fraction of sp³-hybridized carbons (Fsp3) is 0.259. The summed E-state index contributed by atoms with van der Waals surface area (Å²) in [6, 6.07) is 19.9. The SMILES string of the molecule is CC(Oc1cccc(CCNCCC(Oc2ccc(Cl)cc2)c2nc3cc(Cl)ccc3o2)c1)C(=O)O. The van der Waals surface area contributed by atoms with Crippen molar-refractivity contribution < 1.29 is 23.8 Å². The lowest BCUT2D eigenvalue weighted by atomic mass is 10.1. The molecule has 1 heterocycles. The summed E-state index contributed by atoms with van der Waals surface area (Å²) in [5, 5.41) is 13.7. The minimum absolute atomic E-state index is 0.418. The minimum atomic E-state index is -1.00. The molecule has 0 saturated carbocycles. The standard InChI is InChI=1S/C27H26Cl2N2O5/c1-17(27(32)33)34-22-4-2-3-18(15-22)11-13-30-14-12-25(35-21-8-5-19(28)6-9-21)26-31-23-16-20(29)7-10-24(23)36-26/h2-10,15-17,25,30H,11-14H2,1H3,(H,32,33). The van der Waals surface area contributed by atoms with Crippen molar-refractivity contribution in [2.75, 3.05) is 13.1 Å². The molecule has 3 aromatic carbocycles. The Morgan fingerprint density at radius 3 is 2.56 bits per heavy atom. The summed E-state index contributed by atoms with van der Waals surface area (Å²) in [5.41, 5.74) is 2.36. The second-order valence-electron chi connectivity index (χ2n) is 8.26. The maximum absolute atomic E-state index is 11.0. The molecule has 0 aliphatic heterocycles. The Balaban J connectivity index is 1.36. The van der Waals surface area contributed by atoms with Crippen LogP contribution in [0.15, 0.2) is 71.1 Å². The molecule has 7 nitrogen and oxygen atoms in total. The molecule has 1 aromatic heterocycles. The molecule has 0 saturated heterocycles. The van der Waals surface area contributed by atoms with Crippen molar-refractivity contribution in [1.82, 2.24) is 10.3 Å². The molecule has 2 unspecified atom stereocenters. The number of nitrogens with zero attached hydrogens (tertiary/aromatic N) is 1. The Labute approximate surface area is 219 Å². The number of oxazole rings is 1. The largest absolute Gasteiger partial charge is 0.481 e. The normalized spacial score (nSPS) is 12.9. The Bertz CT molecular complexity index is 1310. The fourth-order valence-electron chi connectivity index (χ4n) is 3.59. The van der Waals surface area contributed by atoms with E-state index in [1.54, 1.807) is 36.4 Å². The van der Waals surface area contributed by atoms with Crippen LogP contribution in [0.1, 0.15) is 30.9 Å². The number of aromatic nitrogens is 1. The van der Waals surface area contributed by atoms with Gasteiger partial charge >= 0.3 is 5.97 Å². The lowest BCUT2D eigenvalue weighted by Crippen LogP contribution is -2.23. The van der Waals surface area contributed by atoms with Gasteiger partial charge in [-0.05, 0) is 86.6 Å². The summed E-state index contributed by atoms with van der Waals surface area (Å²) in [4.78, 5) is 15.6. The van der Waals surface area contributed by atoms with Gasteiger partial charge in [-0.25, -0.2) is 9.78 Å². The van der Waals surface area contributed by atoms with E-state index in [0.29, 0.717) is 51.5 Å². The van der Waals surface area contributed by atoms with Crippen LogP contribution in [0.5, 0.6) is 11.5 Å². The summed E-state index contributed by atoms with van der Waals surface area (Å²) in [5.74, 6) is 0.674. The number of aliphatic carboxylic acids is 1. The third kappa shape index (κ3) is 7.13. The van der Waals surface area contributed by atoms with Gasteiger partial charge in [0.1, 0.15) is 17.0 Å². The van der Waals surface area contributed by atoms with Crippen molar-refractivity contribution in [3.8, 4) is 11.5 Å². The maximum Gasteiger partial charge on any atom is 0.344 e. The van der Waals surface area contributed by atoms with E-state index in [-0.39, 0.29) is 0 Å². The van der Waals surface area contributed by atoms with Crippen LogP contribution in [-0.4, -0.2) is 35.3 Å². The molecule has 0 aliphatic carbocycles. The van der Waals surface area contributed by atoms with Crippen molar-refractivity contribution in [2.45, 2.75) is 32.0 Å². The number of hydrogen-bond donors (Lipinski definition) is 2. The highest BCUT2D eigenvalue weighted by Crippen LogP contribution is 2.29. The molecule has 0 spiro atoms. The monoisotopic (exact) mass is 528 g/mol. The number of carbonyl (C=O) groups is 1. The van der Waals surface area contributed by atoms with Gasteiger partial charge in [-0.15, -0.1) is 0 Å². The van der Waals surface area contributed by atoms with Crippen LogP contribution >= 0.6 is 23.2 Å². The number of carboxylic acid groups (broad SMARTS) is 1. The lowest BCUT2D eigenvalue weighted by Gasteiger charge is -2.17. The Hall–Kier alpha value is -3.26. The van der Waals surface area contributed by atoms with Gasteiger partial charge in [0, 0.05) is 16.5 Å². The van der Waals surface area contributed by atoms with E-state index in [4.69, 9.17) is 42.2 Å². The van der Waals surface area contributed by atoms with Crippen molar-refractivity contribution in [1.29, 1.82) is 0 Å². The number of nitrogens with one attached hydrogen (secondary N) is 1. The Morgan fingerprint density at radius 1 is 1.00 bits per heavy atom. The van der Waals surface area contributed by atoms with Gasteiger partial charge in [-0.3, -0.25) is 0 Å². The average molecular weight is 529 g/mol. The number of rotatable bonds is 12. The van der Waals surface area contributed by atoms with Gasteiger partial charge in [0.2, 0.25) is 5.89 Å². The first kappa shape index (κ1) is 25.8. The van der Waals surface area contributed by atoms with Crippen LogP contribution in [0.2, 0.25) is 10.0 Å². The van der Waals surface area contributed by atoms with Crippen LogP contribution in [0.3, 0.4) is 0 Å². The predicted molar refractivity (Wildman–Crippen MR) is 139 cm³/mol. The smallest absolute Gasteiger partial charge is 0.344 e. The van der Waals surface area contributed by atoms with E-state index in [9.17, 15) is 4.79 Å². The van der Waals surface area contributed by atoms with Crippen LogP contribution in [0.25, 0.3) is 11.1 Å². The van der Waals surface area contributed by atoms with Gasteiger partial charge in [0.25, 0.3) is 0 Å². The molecule has 4 rings (SSSR count). The first-order valence-electron chi connectivity index (χ1n) is 11.5. The van der Waals surface area contributed by atoms with E-state index in [0.717, 1.165) is 18.5 Å². The average Bonchev–Trinajstić information content (AvgIpc) is 3.27. The molecule has 2 atom stereocenters. The van der Waals surface area contributed by atoms with Crippen molar-refractivity contribution in [2.24, 2.45) is 0 Å². The van der Waals surface area contributed by atoms with Gasteiger partial charge in [-0.2, -0.15) is 0 Å². The highest BCUT2D eigenvalue weighted by atomic mass is 35.5. The van der Waals surface area contributed by atoms with Crippen molar-refractivity contribution in [3.05, 3.63) is 88.2 Å². The van der Waals surface area contributed by atoms with Crippen molar-refractivity contribution >= 4 is 40.3 Å². The van der Waals surface area contributed by atoms with E-state index >= 15 is 0 Å². The number of carboxylic acids is 1. The van der Waals surface area contributed by atoms with Crippen LogP contribution in [0.4, 0.5) is 0 Å².